The second-order valence-corrected chi connectivity index (χ2v) is 8.19. The summed E-state index contributed by atoms with van der Waals surface area (Å²) >= 11 is 1.89. The van der Waals surface area contributed by atoms with Gasteiger partial charge in [0.1, 0.15) is 0 Å². The Hall–Kier alpha value is -0.100. The van der Waals surface area contributed by atoms with Crippen molar-refractivity contribution in [1.29, 1.82) is 0 Å². The summed E-state index contributed by atoms with van der Waals surface area (Å²) in [4.78, 5) is 4.59. The van der Waals surface area contributed by atoms with Crippen LogP contribution in [0, 0.1) is 5.92 Å². The highest BCUT2D eigenvalue weighted by molar-refractivity contribution is 14.1. The van der Waals surface area contributed by atoms with Crippen molar-refractivity contribution in [2.24, 2.45) is 5.92 Å². The number of likely N-dealkylation sites (N-methyl/N-ethyl adjacent to an activating group) is 1. The minimum absolute atomic E-state index is 0.690. The predicted molar refractivity (Wildman–Crippen MR) is 87.2 cm³/mol. The van der Waals surface area contributed by atoms with Crippen LogP contribution in [0.2, 0.25) is 0 Å². The van der Waals surface area contributed by atoms with Gasteiger partial charge in [-0.05, 0) is 66.0 Å². The van der Waals surface area contributed by atoms with Crippen LogP contribution < -0.4 is 0 Å². The van der Waals surface area contributed by atoms with Gasteiger partial charge in [0.05, 0.1) is 0 Å². The molecule has 1 unspecified atom stereocenters. The molecule has 0 radical (unpaired) electrons. The molecule has 2 rings (SSSR count). The molecule has 0 aliphatic carbocycles. The molecule has 108 valence electrons. The summed E-state index contributed by atoms with van der Waals surface area (Å²) in [7, 11) is 2.02. The second kappa shape index (κ2) is 6.12. The van der Waals surface area contributed by atoms with Crippen LogP contribution in [-0.4, -0.2) is 46.7 Å². The zero-order chi connectivity index (χ0) is 14.0. The third kappa shape index (κ3) is 4.45. The van der Waals surface area contributed by atoms with Gasteiger partial charge in [-0.3, -0.25) is 4.90 Å². The van der Waals surface area contributed by atoms with Crippen LogP contribution in [0.4, 0.5) is 4.39 Å². The lowest BCUT2D eigenvalue weighted by Gasteiger charge is -2.33. The Morgan fingerprint density at radius 1 is 1.53 bits per heavy atom. The fraction of sp³-hybridized carbons (Fsp3) is 0.733. The van der Waals surface area contributed by atoms with E-state index in [4.69, 9.17) is 0 Å². The van der Waals surface area contributed by atoms with E-state index in [-0.39, 0.29) is 0 Å². The van der Waals surface area contributed by atoms with Gasteiger partial charge in [0, 0.05) is 32.9 Å². The average Bonchev–Trinajstić information content (AvgIpc) is 2.26. The Kier molecular flexibility index (Phi) is 4.93. The van der Waals surface area contributed by atoms with E-state index < -0.39 is 3.68 Å². The van der Waals surface area contributed by atoms with Crippen LogP contribution in [0.5, 0.6) is 0 Å². The first-order valence-corrected chi connectivity index (χ1v) is 8.14. The van der Waals surface area contributed by atoms with Crippen molar-refractivity contribution in [3.05, 3.63) is 23.4 Å². The van der Waals surface area contributed by atoms with E-state index in [0.717, 1.165) is 18.0 Å². The monoisotopic (exact) mass is 378 g/mol. The van der Waals surface area contributed by atoms with E-state index >= 15 is 0 Å². The van der Waals surface area contributed by atoms with Crippen LogP contribution in [-0.2, 0) is 0 Å². The summed E-state index contributed by atoms with van der Waals surface area (Å²) in [5.41, 5.74) is 2.11. The lowest BCUT2D eigenvalue weighted by molar-refractivity contribution is 0.197. The normalized spacial score (nSPS) is 28.7. The first kappa shape index (κ1) is 15.3. The van der Waals surface area contributed by atoms with E-state index in [9.17, 15) is 4.39 Å². The standard InChI is InChI=1S/C15H24FIN2/c1-12-5-4-6-19(8-12)10-13-7-14(15(2,16)17)11-18(3)9-13/h7,9,12H,4-6,8,10-11H2,1-3H3/t12-,15?/m0/s1. The van der Waals surface area contributed by atoms with Crippen molar-refractivity contribution in [2.45, 2.75) is 30.4 Å². The highest BCUT2D eigenvalue weighted by atomic mass is 127. The lowest BCUT2D eigenvalue weighted by Crippen LogP contribution is -2.37. The summed E-state index contributed by atoms with van der Waals surface area (Å²) in [5, 5.41) is 0. The fourth-order valence-corrected chi connectivity index (χ4v) is 3.27. The van der Waals surface area contributed by atoms with Gasteiger partial charge in [-0.2, -0.15) is 0 Å². The fourth-order valence-electron chi connectivity index (χ4n) is 2.94. The maximum atomic E-state index is 14.1. The van der Waals surface area contributed by atoms with E-state index in [1.165, 1.54) is 31.5 Å². The Labute approximate surface area is 129 Å². The van der Waals surface area contributed by atoms with Gasteiger partial charge in [0.15, 0.2) is 3.68 Å². The number of alkyl halides is 2. The molecule has 0 aromatic rings. The number of halogens is 2. The van der Waals surface area contributed by atoms with Gasteiger partial charge in [0.25, 0.3) is 0 Å². The summed E-state index contributed by atoms with van der Waals surface area (Å²) in [6, 6.07) is 0. The van der Waals surface area contributed by atoms with Crippen LogP contribution >= 0.6 is 22.6 Å². The quantitative estimate of drug-likeness (QED) is 0.547. The third-order valence-corrected chi connectivity index (χ3v) is 4.57. The van der Waals surface area contributed by atoms with Gasteiger partial charge in [-0.25, -0.2) is 4.39 Å². The van der Waals surface area contributed by atoms with Crippen LogP contribution in [0.15, 0.2) is 23.4 Å². The molecule has 0 bridgehead atoms. The largest absolute Gasteiger partial charge is 0.376 e. The third-order valence-electron chi connectivity index (χ3n) is 3.88. The van der Waals surface area contributed by atoms with Crippen LogP contribution in [0.1, 0.15) is 26.7 Å². The number of hydrogen-bond acceptors (Lipinski definition) is 2. The number of piperidine rings is 1. The molecular formula is C15H24FIN2. The van der Waals surface area contributed by atoms with Gasteiger partial charge in [0.2, 0.25) is 0 Å². The average molecular weight is 378 g/mol. The molecule has 0 aromatic carbocycles. The topological polar surface area (TPSA) is 6.48 Å². The van der Waals surface area contributed by atoms with Gasteiger partial charge >= 0.3 is 0 Å². The number of nitrogens with zero attached hydrogens (tertiary/aromatic N) is 2. The molecule has 2 aliphatic rings. The SMILES string of the molecule is C[C@H]1CCCN(CC2=CN(C)CC(C(C)(F)I)=C2)C1. The highest BCUT2D eigenvalue weighted by Crippen LogP contribution is 2.32. The second-order valence-electron chi connectivity index (χ2n) is 6.16. The van der Waals surface area contributed by atoms with Crippen molar-refractivity contribution in [2.75, 3.05) is 33.2 Å². The molecule has 0 spiro atoms. The van der Waals surface area contributed by atoms with Gasteiger partial charge in [-0.15, -0.1) is 0 Å². The lowest BCUT2D eigenvalue weighted by atomic mass is 9.99. The Bertz CT molecular complexity index is 384. The van der Waals surface area contributed by atoms with Gasteiger partial charge < -0.3 is 4.90 Å². The molecular weight excluding hydrogens is 354 g/mol. The van der Waals surface area contributed by atoms with Crippen LogP contribution in [0.3, 0.4) is 0 Å². The number of likely N-dealkylation sites (tertiary alicyclic amines) is 1. The molecule has 0 aromatic heterocycles. The smallest absolute Gasteiger partial charge is 0.181 e. The molecule has 2 atom stereocenters. The van der Waals surface area contributed by atoms with Crippen LogP contribution in [0.25, 0.3) is 0 Å². The first-order chi connectivity index (χ1) is 8.84. The van der Waals surface area contributed by atoms with E-state index in [1.807, 2.05) is 29.6 Å². The molecule has 19 heavy (non-hydrogen) atoms. The zero-order valence-corrected chi connectivity index (χ0v) is 14.3. The summed E-state index contributed by atoms with van der Waals surface area (Å²) in [6.45, 7) is 7.94. The molecule has 0 saturated carbocycles. The molecule has 2 heterocycles. The molecule has 2 nitrogen and oxygen atoms in total. The Balaban J connectivity index is 2.04. The molecule has 0 amide bonds. The molecule has 1 saturated heterocycles. The first-order valence-electron chi connectivity index (χ1n) is 7.07. The highest BCUT2D eigenvalue weighted by Gasteiger charge is 2.27. The Morgan fingerprint density at radius 3 is 2.89 bits per heavy atom. The van der Waals surface area contributed by atoms with Crippen molar-refractivity contribution < 1.29 is 4.39 Å². The molecule has 2 aliphatic heterocycles. The Morgan fingerprint density at radius 2 is 2.26 bits per heavy atom. The zero-order valence-electron chi connectivity index (χ0n) is 12.1. The minimum atomic E-state index is -1.25. The molecule has 0 N–H and O–H groups in total. The summed E-state index contributed by atoms with van der Waals surface area (Å²) in [5.74, 6) is 0.787. The van der Waals surface area contributed by atoms with Crippen molar-refractivity contribution in [1.82, 2.24) is 9.80 Å². The van der Waals surface area contributed by atoms with Crippen molar-refractivity contribution in [3.63, 3.8) is 0 Å². The summed E-state index contributed by atoms with van der Waals surface area (Å²) < 4.78 is 12.9. The molecule has 4 heteroatoms. The predicted octanol–water partition coefficient (Wildman–Crippen LogP) is 3.59. The number of rotatable bonds is 3. The maximum Gasteiger partial charge on any atom is 0.181 e. The van der Waals surface area contributed by atoms with Gasteiger partial charge in [-0.1, -0.05) is 13.0 Å². The van der Waals surface area contributed by atoms with E-state index in [2.05, 4.69) is 29.0 Å². The minimum Gasteiger partial charge on any atom is -0.376 e. The molecule has 1 fully saturated rings. The maximum absolute atomic E-state index is 14.1. The summed E-state index contributed by atoms with van der Waals surface area (Å²) in [6.07, 6.45) is 6.84. The number of hydrogen-bond donors (Lipinski definition) is 0. The van der Waals surface area contributed by atoms with Crippen molar-refractivity contribution in [3.8, 4) is 0 Å². The van der Waals surface area contributed by atoms with E-state index in [1.54, 1.807) is 6.92 Å². The van der Waals surface area contributed by atoms with Crippen molar-refractivity contribution >= 4 is 22.6 Å². The van der Waals surface area contributed by atoms with E-state index in [0.29, 0.717) is 6.54 Å².